The van der Waals surface area contributed by atoms with Gasteiger partial charge in [-0.2, -0.15) is 4.89 Å². The molecule has 3 aromatic carbocycles. The molecule has 0 N–H and O–H groups in total. The lowest BCUT2D eigenvalue weighted by Gasteiger charge is -2.12. The molecule has 0 amide bonds. The van der Waals surface area contributed by atoms with E-state index in [0.717, 1.165) is 22.9 Å². The van der Waals surface area contributed by atoms with Gasteiger partial charge >= 0.3 is 0 Å². The van der Waals surface area contributed by atoms with Crippen molar-refractivity contribution in [2.45, 2.75) is 20.3 Å². The number of rotatable bonds is 5. The van der Waals surface area contributed by atoms with Gasteiger partial charge in [-0.15, -0.1) is 0 Å². The molecule has 21 heavy (non-hydrogen) atoms. The predicted octanol–water partition coefficient (Wildman–Crippen LogP) is 5.35. The molecule has 0 aliphatic rings. The molecule has 0 radical (unpaired) electrons. The van der Waals surface area contributed by atoms with E-state index >= 15 is 0 Å². The van der Waals surface area contributed by atoms with Crippen LogP contribution in [0.3, 0.4) is 0 Å². The van der Waals surface area contributed by atoms with Gasteiger partial charge in [0.1, 0.15) is 0 Å². The summed E-state index contributed by atoms with van der Waals surface area (Å²) in [5.74, 6) is 1.42. The Hall–Kier alpha value is -2.06. The van der Waals surface area contributed by atoms with Gasteiger partial charge in [0.2, 0.25) is 0 Å². The van der Waals surface area contributed by atoms with Crippen LogP contribution < -0.4 is 4.89 Å². The predicted molar refractivity (Wildman–Crippen MR) is 87.5 cm³/mol. The molecule has 0 bridgehead atoms. The first-order valence-corrected chi connectivity index (χ1v) is 7.45. The summed E-state index contributed by atoms with van der Waals surface area (Å²) in [6, 6.07) is 18.7. The van der Waals surface area contributed by atoms with Crippen molar-refractivity contribution >= 4 is 21.5 Å². The van der Waals surface area contributed by atoms with E-state index in [1.54, 1.807) is 0 Å². The van der Waals surface area contributed by atoms with Crippen LogP contribution >= 0.6 is 0 Å². The van der Waals surface area contributed by atoms with Crippen LogP contribution in [0.15, 0.2) is 54.6 Å². The smallest absolute Gasteiger partial charge is 0.180 e. The standard InChI is InChI=1S/C19H20O2/c1-14(2)11-12-20-21-19-17-9-5-3-7-15(17)13-16-8-4-6-10-18(16)19/h3-10,13-14H,11-12H2,1-2H3. The third-order valence-corrected chi connectivity index (χ3v) is 3.64. The second-order valence-electron chi connectivity index (χ2n) is 5.74. The lowest BCUT2D eigenvalue weighted by molar-refractivity contribution is -0.206. The van der Waals surface area contributed by atoms with Crippen LogP contribution in [-0.4, -0.2) is 6.61 Å². The van der Waals surface area contributed by atoms with E-state index in [1.807, 2.05) is 24.3 Å². The molecular weight excluding hydrogens is 260 g/mol. The van der Waals surface area contributed by atoms with E-state index in [2.05, 4.69) is 44.2 Å². The molecule has 0 aromatic heterocycles. The number of hydrogen-bond acceptors (Lipinski definition) is 2. The largest absolute Gasteiger partial charge is 0.336 e. The fraction of sp³-hybridized carbons (Fsp3) is 0.263. The van der Waals surface area contributed by atoms with E-state index < -0.39 is 0 Å². The third-order valence-electron chi connectivity index (χ3n) is 3.64. The fourth-order valence-electron chi connectivity index (χ4n) is 2.45. The van der Waals surface area contributed by atoms with E-state index in [-0.39, 0.29) is 0 Å². The molecule has 0 saturated heterocycles. The lowest BCUT2D eigenvalue weighted by atomic mass is 10.0. The third kappa shape index (κ3) is 3.01. The van der Waals surface area contributed by atoms with Gasteiger partial charge in [-0.1, -0.05) is 62.4 Å². The highest BCUT2D eigenvalue weighted by Gasteiger charge is 2.09. The number of hydrogen-bond donors (Lipinski definition) is 0. The molecule has 3 rings (SSSR count). The van der Waals surface area contributed by atoms with Gasteiger partial charge in [0, 0.05) is 10.8 Å². The lowest BCUT2D eigenvalue weighted by Crippen LogP contribution is -2.03. The van der Waals surface area contributed by atoms with Gasteiger partial charge in [0.25, 0.3) is 0 Å². The van der Waals surface area contributed by atoms with Gasteiger partial charge in [0.15, 0.2) is 5.75 Å². The Labute approximate surface area is 125 Å². The van der Waals surface area contributed by atoms with Gasteiger partial charge < -0.3 is 4.89 Å². The van der Waals surface area contributed by atoms with Crippen LogP contribution in [0.2, 0.25) is 0 Å². The van der Waals surface area contributed by atoms with E-state index in [4.69, 9.17) is 9.78 Å². The summed E-state index contributed by atoms with van der Waals surface area (Å²) in [5.41, 5.74) is 0. The van der Waals surface area contributed by atoms with Crippen molar-refractivity contribution < 1.29 is 9.78 Å². The maximum absolute atomic E-state index is 5.68. The molecule has 2 heteroatoms. The molecule has 0 heterocycles. The van der Waals surface area contributed by atoms with Crippen molar-refractivity contribution in [1.29, 1.82) is 0 Å². The summed E-state index contributed by atoms with van der Waals surface area (Å²) in [6.45, 7) is 4.96. The normalized spacial score (nSPS) is 11.4. The van der Waals surface area contributed by atoms with Gasteiger partial charge in [-0.3, -0.25) is 0 Å². The molecular formula is C19H20O2. The van der Waals surface area contributed by atoms with Crippen molar-refractivity contribution in [2.24, 2.45) is 5.92 Å². The molecule has 0 saturated carbocycles. The zero-order chi connectivity index (χ0) is 14.7. The van der Waals surface area contributed by atoms with Crippen LogP contribution in [0.25, 0.3) is 21.5 Å². The van der Waals surface area contributed by atoms with Crippen LogP contribution in [-0.2, 0) is 4.89 Å². The molecule has 0 atom stereocenters. The summed E-state index contributed by atoms with van der Waals surface area (Å²) in [5, 5.41) is 4.50. The minimum absolute atomic E-state index is 0.606. The highest BCUT2D eigenvalue weighted by molar-refractivity contribution is 6.05. The summed E-state index contributed by atoms with van der Waals surface area (Å²) >= 11 is 0. The maximum atomic E-state index is 5.68. The second kappa shape index (κ2) is 6.15. The summed E-state index contributed by atoms with van der Waals surface area (Å²) in [7, 11) is 0. The van der Waals surface area contributed by atoms with Crippen molar-refractivity contribution in [2.75, 3.05) is 6.61 Å². The Morgan fingerprint density at radius 1 is 0.857 bits per heavy atom. The molecule has 108 valence electrons. The second-order valence-corrected chi connectivity index (χ2v) is 5.74. The van der Waals surface area contributed by atoms with Crippen LogP contribution in [0.4, 0.5) is 0 Å². The first-order chi connectivity index (χ1) is 10.3. The van der Waals surface area contributed by atoms with Crippen molar-refractivity contribution in [1.82, 2.24) is 0 Å². The Bertz CT molecular complexity index is 693. The molecule has 2 nitrogen and oxygen atoms in total. The molecule has 0 unspecified atom stereocenters. The van der Waals surface area contributed by atoms with Gasteiger partial charge in [-0.05, 0) is 29.2 Å². The first kappa shape index (κ1) is 13.9. The Kier molecular flexibility index (Phi) is 4.07. The average molecular weight is 280 g/mol. The molecule has 0 fully saturated rings. The van der Waals surface area contributed by atoms with E-state index in [1.165, 1.54) is 10.8 Å². The van der Waals surface area contributed by atoms with Crippen LogP contribution in [0, 0.1) is 5.92 Å². The van der Waals surface area contributed by atoms with Crippen LogP contribution in [0.1, 0.15) is 20.3 Å². The van der Waals surface area contributed by atoms with E-state index in [0.29, 0.717) is 12.5 Å². The van der Waals surface area contributed by atoms with Gasteiger partial charge in [-0.25, -0.2) is 0 Å². The van der Waals surface area contributed by atoms with E-state index in [9.17, 15) is 0 Å². The molecule has 0 aliphatic carbocycles. The number of fused-ring (bicyclic) bond motifs is 2. The summed E-state index contributed by atoms with van der Waals surface area (Å²) in [4.78, 5) is 11.1. The highest BCUT2D eigenvalue weighted by Crippen LogP contribution is 2.34. The average Bonchev–Trinajstić information content (AvgIpc) is 2.50. The Morgan fingerprint density at radius 3 is 2.00 bits per heavy atom. The topological polar surface area (TPSA) is 18.5 Å². The molecule has 0 aliphatic heterocycles. The summed E-state index contributed by atoms with van der Waals surface area (Å²) < 4.78 is 0. The highest BCUT2D eigenvalue weighted by atomic mass is 17.2. The van der Waals surface area contributed by atoms with Crippen molar-refractivity contribution in [3.8, 4) is 5.75 Å². The Morgan fingerprint density at radius 2 is 1.43 bits per heavy atom. The zero-order valence-corrected chi connectivity index (χ0v) is 12.5. The molecule has 0 spiro atoms. The first-order valence-electron chi connectivity index (χ1n) is 7.45. The minimum atomic E-state index is 0.606. The number of benzene rings is 3. The fourth-order valence-corrected chi connectivity index (χ4v) is 2.45. The molecule has 3 aromatic rings. The Balaban J connectivity index is 1.99. The summed E-state index contributed by atoms with van der Waals surface area (Å²) in [6.07, 6.45) is 0.989. The zero-order valence-electron chi connectivity index (χ0n) is 12.5. The van der Waals surface area contributed by atoms with Crippen molar-refractivity contribution in [3.63, 3.8) is 0 Å². The SMILES string of the molecule is CC(C)CCOOc1c2ccccc2cc2ccccc12. The maximum Gasteiger partial charge on any atom is 0.180 e. The van der Waals surface area contributed by atoms with Crippen LogP contribution in [0.5, 0.6) is 5.75 Å². The minimum Gasteiger partial charge on any atom is -0.336 e. The van der Waals surface area contributed by atoms with Gasteiger partial charge in [0.05, 0.1) is 6.61 Å². The monoisotopic (exact) mass is 280 g/mol. The van der Waals surface area contributed by atoms with Crippen molar-refractivity contribution in [3.05, 3.63) is 54.6 Å². The quantitative estimate of drug-likeness (QED) is 0.271.